The predicted octanol–water partition coefficient (Wildman–Crippen LogP) is 2.37. The summed E-state index contributed by atoms with van der Waals surface area (Å²) in [6.07, 6.45) is 2.30. The van der Waals surface area contributed by atoms with Crippen LogP contribution in [0.5, 0.6) is 5.75 Å². The van der Waals surface area contributed by atoms with Crippen LogP contribution >= 0.6 is 0 Å². The molecule has 0 spiro atoms. The van der Waals surface area contributed by atoms with Gasteiger partial charge < -0.3 is 10.1 Å². The van der Waals surface area contributed by atoms with Gasteiger partial charge in [-0.1, -0.05) is 6.92 Å². The van der Waals surface area contributed by atoms with Crippen molar-refractivity contribution in [2.45, 2.75) is 20.4 Å². The highest BCUT2D eigenvalue weighted by Crippen LogP contribution is 2.29. The second-order valence-electron chi connectivity index (χ2n) is 5.44. The van der Waals surface area contributed by atoms with Crippen LogP contribution in [0.3, 0.4) is 0 Å². The van der Waals surface area contributed by atoms with Gasteiger partial charge in [-0.05, 0) is 19.1 Å². The largest absolute Gasteiger partial charge is 0.494 e. The van der Waals surface area contributed by atoms with Gasteiger partial charge in [-0.3, -0.25) is 29.7 Å². The van der Waals surface area contributed by atoms with Crippen molar-refractivity contribution in [2.24, 2.45) is 5.92 Å². The van der Waals surface area contributed by atoms with Gasteiger partial charge >= 0.3 is 5.69 Å². The first kappa shape index (κ1) is 18.8. The number of nitrogens with one attached hydrogen (secondary N) is 1. The van der Waals surface area contributed by atoms with Crippen LogP contribution in [0.2, 0.25) is 0 Å². The number of benzene rings is 1. The van der Waals surface area contributed by atoms with Gasteiger partial charge in [-0.2, -0.15) is 5.10 Å². The molecule has 1 atom stereocenters. The highest BCUT2D eigenvalue weighted by molar-refractivity contribution is 5.94. The monoisotopic (exact) mass is 363 g/mol. The lowest BCUT2D eigenvalue weighted by atomic mass is 10.1. The van der Waals surface area contributed by atoms with Gasteiger partial charge in [0.25, 0.3) is 5.69 Å². The number of nitro groups is 2. The van der Waals surface area contributed by atoms with Crippen LogP contribution in [-0.2, 0) is 11.3 Å². The third kappa shape index (κ3) is 4.53. The molecule has 11 heteroatoms. The van der Waals surface area contributed by atoms with E-state index in [1.807, 2.05) is 0 Å². The number of ether oxygens (including phenoxy) is 1. The lowest BCUT2D eigenvalue weighted by Crippen LogP contribution is -2.25. The van der Waals surface area contributed by atoms with Crippen LogP contribution in [0.4, 0.5) is 17.1 Å². The minimum Gasteiger partial charge on any atom is -0.494 e. The van der Waals surface area contributed by atoms with Crippen molar-refractivity contribution in [3.05, 3.63) is 50.8 Å². The number of nitro benzene ring substituents is 1. The molecule has 1 aromatic carbocycles. The number of rotatable bonds is 8. The fraction of sp³-hybridized carbons (Fsp3) is 0.333. The van der Waals surface area contributed by atoms with Crippen molar-refractivity contribution in [1.29, 1.82) is 0 Å². The standard InChI is InChI=1S/C15H17N5O6/c1-3-26-12-4-5-13(14(6-12)20(24)25)17-15(21)10(2)8-18-9-11(7-16-18)19(22)23/h4-7,9-10H,3,8H2,1-2H3,(H,17,21). The van der Waals surface area contributed by atoms with Crippen LogP contribution in [0.1, 0.15) is 13.8 Å². The minimum absolute atomic E-state index is 0.0433. The summed E-state index contributed by atoms with van der Waals surface area (Å²) in [5, 5.41) is 28.2. The normalized spacial score (nSPS) is 11.6. The lowest BCUT2D eigenvalue weighted by Gasteiger charge is -2.13. The highest BCUT2D eigenvalue weighted by Gasteiger charge is 2.21. The van der Waals surface area contributed by atoms with Gasteiger partial charge in [0.05, 0.1) is 35.0 Å². The van der Waals surface area contributed by atoms with Crippen molar-refractivity contribution in [1.82, 2.24) is 9.78 Å². The molecule has 0 radical (unpaired) electrons. The summed E-state index contributed by atoms with van der Waals surface area (Å²) >= 11 is 0. The highest BCUT2D eigenvalue weighted by atomic mass is 16.6. The Balaban J connectivity index is 2.10. The molecule has 1 aromatic heterocycles. The Morgan fingerprint density at radius 2 is 2.08 bits per heavy atom. The summed E-state index contributed by atoms with van der Waals surface area (Å²) in [5.74, 6) is -0.773. The van der Waals surface area contributed by atoms with E-state index in [0.29, 0.717) is 12.4 Å². The second-order valence-corrected chi connectivity index (χ2v) is 5.44. The SMILES string of the molecule is CCOc1ccc(NC(=O)C(C)Cn2cc([N+](=O)[O-])cn2)c([N+](=O)[O-])c1. The van der Waals surface area contributed by atoms with E-state index in [4.69, 9.17) is 4.74 Å². The Kier molecular flexibility index (Phi) is 5.83. The molecule has 2 rings (SSSR count). The molecule has 0 aliphatic heterocycles. The molecule has 11 nitrogen and oxygen atoms in total. The fourth-order valence-corrected chi connectivity index (χ4v) is 2.19. The Morgan fingerprint density at radius 1 is 1.35 bits per heavy atom. The molecule has 0 saturated carbocycles. The molecule has 1 heterocycles. The minimum atomic E-state index is -0.624. The Labute approximate surface area is 147 Å². The fourth-order valence-electron chi connectivity index (χ4n) is 2.19. The lowest BCUT2D eigenvalue weighted by molar-refractivity contribution is -0.385. The van der Waals surface area contributed by atoms with Gasteiger partial charge in [-0.15, -0.1) is 0 Å². The first-order valence-corrected chi connectivity index (χ1v) is 7.70. The van der Waals surface area contributed by atoms with Crippen LogP contribution in [0, 0.1) is 26.1 Å². The van der Waals surface area contributed by atoms with E-state index >= 15 is 0 Å². The first-order chi connectivity index (χ1) is 12.3. The van der Waals surface area contributed by atoms with Crippen molar-refractivity contribution < 1.29 is 19.4 Å². The number of hydrogen-bond donors (Lipinski definition) is 1. The first-order valence-electron chi connectivity index (χ1n) is 7.70. The molecular formula is C15H17N5O6. The number of carbonyl (C=O) groups excluding carboxylic acids is 1. The van der Waals surface area contributed by atoms with Crippen molar-refractivity contribution in [3.63, 3.8) is 0 Å². The molecule has 1 N–H and O–H groups in total. The maximum atomic E-state index is 12.3. The molecule has 1 unspecified atom stereocenters. The number of nitrogens with zero attached hydrogens (tertiary/aromatic N) is 4. The van der Waals surface area contributed by atoms with Gasteiger partial charge in [0.2, 0.25) is 5.91 Å². The summed E-state index contributed by atoms with van der Waals surface area (Å²) in [6, 6.07) is 4.15. The van der Waals surface area contributed by atoms with Crippen LogP contribution in [-0.4, -0.2) is 32.1 Å². The number of amides is 1. The van der Waals surface area contributed by atoms with Gasteiger partial charge in [0, 0.05) is 0 Å². The van der Waals surface area contributed by atoms with Gasteiger partial charge in [0.1, 0.15) is 23.8 Å². The van der Waals surface area contributed by atoms with Gasteiger partial charge in [0.15, 0.2) is 0 Å². The second kappa shape index (κ2) is 8.05. The summed E-state index contributed by atoms with van der Waals surface area (Å²) in [5.41, 5.74) is -0.423. The van der Waals surface area contributed by atoms with Crippen molar-refractivity contribution >= 4 is 23.0 Å². The Morgan fingerprint density at radius 3 is 2.65 bits per heavy atom. The maximum absolute atomic E-state index is 12.3. The predicted molar refractivity (Wildman–Crippen MR) is 90.9 cm³/mol. The Hall–Kier alpha value is -3.50. The number of carbonyl (C=O) groups is 1. The molecule has 1 amide bonds. The Bertz CT molecular complexity index is 834. The van der Waals surface area contributed by atoms with Crippen LogP contribution in [0.25, 0.3) is 0 Å². The molecular weight excluding hydrogens is 346 g/mol. The number of anilines is 1. The zero-order valence-electron chi connectivity index (χ0n) is 14.1. The van der Waals surface area contributed by atoms with E-state index in [9.17, 15) is 25.0 Å². The third-order valence-electron chi connectivity index (χ3n) is 3.47. The smallest absolute Gasteiger partial charge is 0.306 e. The summed E-state index contributed by atoms with van der Waals surface area (Å²) in [4.78, 5) is 33.0. The summed E-state index contributed by atoms with van der Waals surface area (Å²) in [6.45, 7) is 3.78. The zero-order valence-corrected chi connectivity index (χ0v) is 14.1. The van der Waals surface area contributed by atoms with E-state index in [1.54, 1.807) is 13.8 Å². The van der Waals surface area contributed by atoms with Gasteiger partial charge in [-0.25, -0.2) is 0 Å². The number of hydrogen-bond acceptors (Lipinski definition) is 7. The third-order valence-corrected chi connectivity index (χ3v) is 3.47. The van der Waals surface area contributed by atoms with E-state index < -0.39 is 21.7 Å². The molecule has 2 aromatic rings. The number of aromatic nitrogens is 2. The average Bonchev–Trinajstić information content (AvgIpc) is 3.05. The van der Waals surface area contributed by atoms with E-state index in [-0.39, 0.29) is 23.6 Å². The van der Waals surface area contributed by atoms with E-state index in [2.05, 4.69) is 10.4 Å². The topological polar surface area (TPSA) is 142 Å². The van der Waals surface area contributed by atoms with Crippen LogP contribution < -0.4 is 10.1 Å². The molecule has 0 aliphatic carbocycles. The zero-order chi connectivity index (χ0) is 19.3. The molecule has 0 saturated heterocycles. The quantitative estimate of drug-likeness (QED) is 0.560. The van der Waals surface area contributed by atoms with Crippen molar-refractivity contribution in [2.75, 3.05) is 11.9 Å². The summed E-state index contributed by atoms with van der Waals surface area (Å²) < 4.78 is 6.49. The van der Waals surface area contributed by atoms with E-state index in [1.165, 1.54) is 29.1 Å². The maximum Gasteiger partial charge on any atom is 0.306 e. The average molecular weight is 363 g/mol. The summed E-state index contributed by atoms with van der Waals surface area (Å²) in [7, 11) is 0. The van der Waals surface area contributed by atoms with E-state index in [0.717, 1.165) is 6.20 Å². The molecule has 0 bridgehead atoms. The molecule has 138 valence electrons. The molecule has 0 fully saturated rings. The van der Waals surface area contributed by atoms with Crippen LogP contribution in [0.15, 0.2) is 30.6 Å². The molecule has 26 heavy (non-hydrogen) atoms. The molecule has 0 aliphatic rings. The van der Waals surface area contributed by atoms with Crippen molar-refractivity contribution in [3.8, 4) is 5.75 Å².